The lowest BCUT2D eigenvalue weighted by molar-refractivity contribution is 0.574. The minimum Gasteiger partial charge on any atom is -0.306 e. The molecule has 0 aliphatic rings. The molecule has 1 aromatic heterocycles. The van der Waals surface area contributed by atoms with Gasteiger partial charge in [0, 0.05) is 29.5 Å². The lowest BCUT2D eigenvalue weighted by atomic mass is 10.1. The lowest BCUT2D eigenvalue weighted by Crippen LogP contribution is -2.18. The summed E-state index contributed by atoms with van der Waals surface area (Å²) >= 11 is 3.52. The summed E-state index contributed by atoms with van der Waals surface area (Å²) in [5.74, 6) is 0. The Morgan fingerprint density at radius 3 is 2.61 bits per heavy atom. The molecule has 3 heteroatoms. The van der Waals surface area contributed by atoms with E-state index in [0.29, 0.717) is 6.04 Å². The summed E-state index contributed by atoms with van der Waals surface area (Å²) in [5.41, 5.74) is 3.83. The molecule has 0 fully saturated rings. The molecule has 0 saturated carbocycles. The summed E-state index contributed by atoms with van der Waals surface area (Å²) < 4.78 is 1.16. The van der Waals surface area contributed by atoms with Crippen LogP contribution in [0.25, 0.3) is 0 Å². The van der Waals surface area contributed by atoms with Crippen LogP contribution < -0.4 is 5.32 Å². The topological polar surface area (TPSA) is 24.9 Å². The van der Waals surface area contributed by atoms with Gasteiger partial charge < -0.3 is 5.32 Å². The Labute approximate surface area is 117 Å². The maximum atomic E-state index is 4.03. The van der Waals surface area contributed by atoms with Gasteiger partial charge in [-0.2, -0.15) is 0 Å². The Hall–Kier alpha value is -1.19. The predicted molar refractivity (Wildman–Crippen MR) is 78.4 cm³/mol. The van der Waals surface area contributed by atoms with Gasteiger partial charge in [0.05, 0.1) is 0 Å². The number of nitrogens with one attached hydrogen (secondary N) is 1. The fourth-order valence-corrected chi connectivity index (χ4v) is 2.10. The first-order valence-corrected chi connectivity index (χ1v) is 6.84. The summed E-state index contributed by atoms with van der Waals surface area (Å²) in [6.45, 7) is 5.15. The van der Waals surface area contributed by atoms with Crippen molar-refractivity contribution < 1.29 is 0 Å². The predicted octanol–water partition coefficient (Wildman–Crippen LogP) is 4.00. The normalized spacial score (nSPS) is 12.4. The van der Waals surface area contributed by atoms with Gasteiger partial charge in [-0.05, 0) is 48.7 Å². The third kappa shape index (κ3) is 3.40. The van der Waals surface area contributed by atoms with Gasteiger partial charge in [0.1, 0.15) is 0 Å². The molecule has 0 spiro atoms. The molecule has 1 aromatic carbocycles. The Kier molecular flexibility index (Phi) is 4.50. The molecule has 0 aliphatic heterocycles. The standard InChI is InChI=1S/C15H17BrN2/c1-11-9-13(3-4-15(11)16)10-18-12(2)14-5-7-17-8-6-14/h3-9,12,18H,10H2,1-2H3/t12-/m0/s1. The van der Waals surface area contributed by atoms with E-state index < -0.39 is 0 Å². The highest BCUT2D eigenvalue weighted by Gasteiger charge is 2.04. The third-order valence-electron chi connectivity index (χ3n) is 3.04. The molecule has 2 rings (SSSR count). The van der Waals surface area contributed by atoms with Crippen molar-refractivity contribution in [3.8, 4) is 0 Å². The summed E-state index contributed by atoms with van der Waals surface area (Å²) in [5, 5.41) is 3.52. The Bertz CT molecular complexity index is 511. The smallest absolute Gasteiger partial charge is 0.0296 e. The fraction of sp³-hybridized carbons (Fsp3) is 0.267. The van der Waals surface area contributed by atoms with Crippen LogP contribution in [0.4, 0.5) is 0 Å². The first kappa shape index (κ1) is 13.2. The van der Waals surface area contributed by atoms with Crippen LogP contribution in [-0.2, 0) is 6.54 Å². The van der Waals surface area contributed by atoms with E-state index in [2.05, 4.69) is 58.3 Å². The highest BCUT2D eigenvalue weighted by Crippen LogP contribution is 2.18. The van der Waals surface area contributed by atoms with Crippen molar-refractivity contribution in [2.75, 3.05) is 0 Å². The Morgan fingerprint density at radius 2 is 1.94 bits per heavy atom. The van der Waals surface area contributed by atoms with Gasteiger partial charge in [0.25, 0.3) is 0 Å². The molecule has 2 aromatic rings. The lowest BCUT2D eigenvalue weighted by Gasteiger charge is -2.14. The largest absolute Gasteiger partial charge is 0.306 e. The van der Waals surface area contributed by atoms with Gasteiger partial charge in [-0.3, -0.25) is 4.98 Å². The molecule has 0 radical (unpaired) electrons. The molecule has 0 amide bonds. The van der Waals surface area contributed by atoms with Gasteiger partial charge in [0.2, 0.25) is 0 Å². The molecule has 0 bridgehead atoms. The molecule has 0 saturated heterocycles. The van der Waals surface area contributed by atoms with E-state index in [4.69, 9.17) is 0 Å². The second-order valence-electron chi connectivity index (χ2n) is 4.47. The van der Waals surface area contributed by atoms with Crippen LogP contribution in [0.5, 0.6) is 0 Å². The average Bonchev–Trinajstić information content (AvgIpc) is 2.41. The number of rotatable bonds is 4. The van der Waals surface area contributed by atoms with Crippen LogP contribution in [-0.4, -0.2) is 4.98 Å². The molecule has 1 N–H and O–H groups in total. The Morgan fingerprint density at radius 1 is 1.22 bits per heavy atom. The number of aromatic nitrogens is 1. The van der Waals surface area contributed by atoms with Crippen LogP contribution in [0.15, 0.2) is 47.2 Å². The van der Waals surface area contributed by atoms with Crippen LogP contribution in [0.3, 0.4) is 0 Å². The molecule has 1 atom stereocenters. The van der Waals surface area contributed by atoms with E-state index in [1.165, 1.54) is 16.7 Å². The van der Waals surface area contributed by atoms with Crippen molar-refractivity contribution in [2.24, 2.45) is 0 Å². The molecule has 18 heavy (non-hydrogen) atoms. The first-order valence-electron chi connectivity index (χ1n) is 6.05. The van der Waals surface area contributed by atoms with Crippen molar-refractivity contribution in [1.29, 1.82) is 0 Å². The molecular weight excluding hydrogens is 288 g/mol. The van der Waals surface area contributed by atoms with E-state index in [0.717, 1.165) is 11.0 Å². The summed E-state index contributed by atoms with van der Waals surface area (Å²) in [4.78, 5) is 4.03. The van der Waals surface area contributed by atoms with E-state index in [1.54, 1.807) is 0 Å². The second-order valence-corrected chi connectivity index (χ2v) is 5.32. The number of aryl methyl sites for hydroxylation is 1. The second kappa shape index (κ2) is 6.12. The average molecular weight is 305 g/mol. The number of halogens is 1. The highest BCUT2D eigenvalue weighted by molar-refractivity contribution is 9.10. The number of nitrogens with zero attached hydrogens (tertiary/aromatic N) is 1. The quantitative estimate of drug-likeness (QED) is 0.923. The van der Waals surface area contributed by atoms with Crippen molar-refractivity contribution in [1.82, 2.24) is 10.3 Å². The number of hydrogen-bond acceptors (Lipinski definition) is 2. The van der Waals surface area contributed by atoms with E-state index in [1.807, 2.05) is 24.5 Å². The summed E-state index contributed by atoms with van der Waals surface area (Å²) in [6.07, 6.45) is 3.66. The van der Waals surface area contributed by atoms with Gasteiger partial charge in [-0.15, -0.1) is 0 Å². The summed E-state index contributed by atoms with van der Waals surface area (Å²) in [7, 11) is 0. The minimum absolute atomic E-state index is 0.331. The summed E-state index contributed by atoms with van der Waals surface area (Å²) in [6, 6.07) is 10.9. The van der Waals surface area contributed by atoms with Crippen LogP contribution >= 0.6 is 15.9 Å². The van der Waals surface area contributed by atoms with Crippen molar-refractivity contribution in [3.63, 3.8) is 0 Å². The van der Waals surface area contributed by atoms with Gasteiger partial charge in [-0.25, -0.2) is 0 Å². The zero-order valence-electron chi connectivity index (χ0n) is 10.7. The maximum absolute atomic E-state index is 4.03. The molecule has 2 nitrogen and oxygen atoms in total. The van der Waals surface area contributed by atoms with E-state index >= 15 is 0 Å². The van der Waals surface area contributed by atoms with Gasteiger partial charge >= 0.3 is 0 Å². The SMILES string of the molecule is Cc1cc(CN[C@@H](C)c2ccncc2)ccc1Br. The third-order valence-corrected chi connectivity index (χ3v) is 3.93. The Balaban J connectivity index is 1.97. The molecule has 0 aliphatic carbocycles. The number of pyridine rings is 1. The van der Waals surface area contributed by atoms with Gasteiger partial charge in [-0.1, -0.05) is 28.1 Å². The minimum atomic E-state index is 0.331. The van der Waals surface area contributed by atoms with Crippen LogP contribution in [0.1, 0.15) is 29.7 Å². The first-order chi connectivity index (χ1) is 8.66. The van der Waals surface area contributed by atoms with Crippen molar-refractivity contribution >= 4 is 15.9 Å². The molecule has 94 valence electrons. The van der Waals surface area contributed by atoms with Crippen LogP contribution in [0, 0.1) is 6.92 Å². The van der Waals surface area contributed by atoms with Crippen molar-refractivity contribution in [3.05, 3.63) is 63.9 Å². The van der Waals surface area contributed by atoms with Gasteiger partial charge in [0.15, 0.2) is 0 Å². The molecular formula is C15H17BrN2. The molecule has 0 unspecified atom stereocenters. The maximum Gasteiger partial charge on any atom is 0.0296 e. The monoisotopic (exact) mass is 304 g/mol. The fourth-order valence-electron chi connectivity index (χ4n) is 1.86. The number of hydrogen-bond donors (Lipinski definition) is 1. The van der Waals surface area contributed by atoms with Crippen LogP contribution in [0.2, 0.25) is 0 Å². The van der Waals surface area contributed by atoms with E-state index in [9.17, 15) is 0 Å². The number of benzene rings is 1. The highest BCUT2D eigenvalue weighted by atomic mass is 79.9. The molecule has 1 heterocycles. The zero-order valence-corrected chi connectivity index (χ0v) is 12.2. The zero-order chi connectivity index (χ0) is 13.0. The van der Waals surface area contributed by atoms with E-state index in [-0.39, 0.29) is 0 Å². The van der Waals surface area contributed by atoms with Crippen molar-refractivity contribution in [2.45, 2.75) is 26.4 Å².